The molecule has 4 nitrogen and oxygen atoms in total. The van der Waals surface area contributed by atoms with Gasteiger partial charge in [0.05, 0.1) is 0 Å². The van der Waals surface area contributed by atoms with Crippen molar-refractivity contribution >= 4 is 26.1 Å². The van der Waals surface area contributed by atoms with Crippen LogP contribution in [0.25, 0.3) is 0 Å². The highest BCUT2D eigenvalue weighted by molar-refractivity contribution is 9.09. The quantitative estimate of drug-likeness (QED) is 0.522. The molecule has 98 valence electrons. The number of alkyl halides is 1. The van der Waals surface area contributed by atoms with Crippen LogP contribution < -0.4 is 4.72 Å². The van der Waals surface area contributed by atoms with Gasteiger partial charge in [-0.05, 0) is 18.8 Å². The number of nitrogens with zero attached hydrogens (tertiary/aromatic N) is 1. The van der Waals surface area contributed by atoms with Crippen LogP contribution in [0.5, 0.6) is 0 Å². The number of rotatable bonds is 9. The molecule has 0 spiro atoms. The van der Waals surface area contributed by atoms with Crippen LogP contribution in [-0.4, -0.2) is 37.7 Å². The summed E-state index contributed by atoms with van der Waals surface area (Å²) < 4.78 is 27.5. The van der Waals surface area contributed by atoms with Crippen LogP contribution in [-0.2, 0) is 10.2 Å². The maximum absolute atomic E-state index is 11.7. The lowest BCUT2D eigenvalue weighted by atomic mass is 10.1. The standard InChI is InChI=1S/C10H23BrN2O2S/c1-4-13(5-2)16(14,15)12-8-6-7-10(3)9-11/h10,12H,4-9H2,1-3H3. The van der Waals surface area contributed by atoms with E-state index < -0.39 is 10.2 Å². The van der Waals surface area contributed by atoms with E-state index >= 15 is 0 Å². The van der Waals surface area contributed by atoms with E-state index in [9.17, 15) is 8.42 Å². The minimum Gasteiger partial charge on any atom is -0.202 e. The van der Waals surface area contributed by atoms with E-state index in [1.54, 1.807) is 0 Å². The molecule has 1 N–H and O–H groups in total. The molecule has 0 saturated heterocycles. The van der Waals surface area contributed by atoms with Gasteiger partial charge in [0.25, 0.3) is 10.2 Å². The van der Waals surface area contributed by atoms with Gasteiger partial charge in [-0.2, -0.15) is 12.7 Å². The first kappa shape index (κ1) is 16.4. The highest BCUT2D eigenvalue weighted by atomic mass is 79.9. The van der Waals surface area contributed by atoms with Gasteiger partial charge in [-0.1, -0.05) is 36.7 Å². The molecule has 0 aliphatic heterocycles. The Morgan fingerprint density at radius 1 is 1.31 bits per heavy atom. The van der Waals surface area contributed by atoms with E-state index in [4.69, 9.17) is 0 Å². The van der Waals surface area contributed by atoms with Crippen LogP contribution in [0.15, 0.2) is 0 Å². The molecule has 0 saturated carbocycles. The molecule has 0 radical (unpaired) electrons. The molecule has 0 rings (SSSR count). The van der Waals surface area contributed by atoms with Crippen molar-refractivity contribution < 1.29 is 8.42 Å². The first-order valence-electron chi connectivity index (χ1n) is 5.78. The van der Waals surface area contributed by atoms with Crippen molar-refractivity contribution in [3.8, 4) is 0 Å². The maximum Gasteiger partial charge on any atom is 0.279 e. The summed E-state index contributed by atoms with van der Waals surface area (Å²) in [5, 5.41) is 0.968. The fourth-order valence-electron chi connectivity index (χ4n) is 1.38. The number of nitrogens with one attached hydrogen (secondary N) is 1. The van der Waals surface area contributed by atoms with Gasteiger partial charge < -0.3 is 0 Å². The van der Waals surface area contributed by atoms with E-state index in [1.807, 2.05) is 13.8 Å². The Balaban J connectivity index is 3.91. The lowest BCUT2D eigenvalue weighted by molar-refractivity contribution is 0.432. The summed E-state index contributed by atoms with van der Waals surface area (Å²) in [6, 6.07) is 0. The Hall–Kier alpha value is 0.350. The van der Waals surface area contributed by atoms with Crippen molar-refractivity contribution in [3.05, 3.63) is 0 Å². The summed E-state index contributed by atoms with van der Waals surface area (Å²) in [4.78, 5) is 0. The molecule has 0 aromatic rings. The molecule has 0 aromatic heterocycles. The van der Waals surface area contributed by atoms with Crippen LogP contribution in [0.2, 0.25) is 0 Å². The van der Waals surface area contributed by atoms with Crippen LogP contribution in [0.3, 0.4) is 0 Å². The van der Waals surface area contributed by atoms with Crippen molar-refractivity contribution in [3.63, 3.8) is 0 Å². The zero-order chi connectivity index (χ0) is 12.6. The van der Waals surface area contributed by atoms with Gasteiger partial charge in [0.2, 0.25) is 0 Å². The fourth-order valence-corrected chi connectivity index (χ4v) is 2.97. The Labute approximate surface area is 108 Å². The van der Waals surface area contributed by atoms with Gasteiger partial charge in [-0.25, -0.2) is 4.72 Å². The van der Waals surface area contributed by atoms with Crippen molar-refractivity contribution in [2.24, 2.45) is 5.92 Å². The average molecular weight is 315 g/mol. The summed E-state index contributed by atoms with van der Waals surface area (Å²) in [6.45, 7) is 7.39. The van der Waals surface area contributed by atoms with E-state index in [-0.39, 0.29) is 0 Å². The molecule has 0 heterocycles. The van der Waals surface area contributed by atoms with Crippen LogP contribution >= 0.6 is 15.9 Å². The van der Waals surface area contributed by atoms with Gasteiger partial charge in [0, 0.05) is 25.0 Å². The van der Waals surface area contributed by atoms with Crippen LogP contribution in [0, 0.1) is 5.92 Å². The molecule has 0 aromatic carbocycles. The average Bonchev–Trinajstić information content (AvgIpc) is 2.25. The Morgan fingerprint density at radius 3 is 2.31 bits per heavy atom. The SMILES string of the molecule is CCN(CC)S(=O)(=O)NCCCC(C)CBr. The monoisotopic (exact) mass is 314 g/mol. The van der Waals surface area contributed by atoms with E-state index in [0.29, 0.717) is 25.6 Å². The molecular formula is C10H23BrN2O2S. The second kappa shape index (κ2) is 8.44. The van der Waals surface area contributed by atoms with Crippen LogP contribution in [0.4, 0.5) is 0 Å². The van der Waals surface area contributed by atoms with E-state index in [1.165, 1.54) is 4.31 Å². The number of hydrogen-bond donors (Lipinski definition) is 1. The molecule has 0 fully saturated rings. The van der Waals surface area contributed by atoms with Gasteiger partial charge in [-0.15, -0.1) is 0 Å². The number of hydrogen-bond acceptors (Lipinski definition) is 2. The topological polar surface area (TPSA) is 49.4 Å². The van der Waals surface area contributed by atoms with Crippen molar-refractivity contribution in [1.82, 2.24) is 9.03 Å². The Bertz CT molecular complexity index is 266. The minimum atomic E-state index is -3.26. The molecule has 16 heavy (non-hydrogen) atoms. The lowest BCUT2D eigenvalue weighted by Crippen LogP contribution is -2.40. The number of halogens is 1. The highest BCUT2D eigenvalue weighted by Gasteiger charge is 2.17. The molecule has 1 unspecified atom stereocenters. The molecule has 0 aliphatic rings. The smallest absolute Gasteiger partial charge is 0.202 e. The second-order valence-corrected chi connectivity index (χ2v) is 6.29. The second-order valence-electron chi connectivity index (χ2n) is 3.89. The first-order chi connectivity index (χ1) is 7.47. The third-order valence-electron chi connectivity index (χ3n) is 2.47. The summed E-state index contributed by atoms with van der Waals surface area (Å²) in [6.07, 6.45) is 1.92. The zero-order valence-electron chi connectivity index (χ0n) is 10.4. The van der Waals surface area contributed by atoms with Crippen molar-refractivity contribution in [1.29, 1.82) is 0 Å². The molecule has 0 aliphatic carbocycles. The van der Waals surface area contributed by atoms with Gasteiger partial charge in [-0.3, -0.25) is 0 Å². The normalized spacial score (nSPS) is 14.3. The van der Waals surface area contributed by atoms with Gasteiger partial charge in [0.15, 0.2) is 0 Å². The van der Waals surface area contributed by atoms with E-state index in [2.05, 4.69) is 27.6 Å². The molecule has 0 bridgehead atoms. The highest BCUT2D eigenvalue weighted by Crippen LogP contribution is 2.07. The fraction of sp³-hybridized carbons (Fsp3) is 1.00. The first-order valence-corrected chi connectivity index (χ1v) is 8.34. The molecule has 0 amide bonds. The summed E-state index contributed by atoms with van der Waals surface area (Å²) in [7, 11) is -3.26. The van der Waals surface area contributed by atoms with Gasteiger partial charge >= 0.3 is 0 Å². The van der Waals surface area contributed by atoms with Crippen molar-refractivity contribution in [2.45, 2.75) is 33.6 Å². The lowest BCUT2D eigenvalue weighted by Gasteiger charge is -2.19. The molecule has 1 atom stereocenters. The Kier molecular flexibility index (Phi) is 8.63. The molecule has 6 heteroatoms. The third kappa shape index (κ3) is 6.18. The largest absolute Gasteiger partial charge is 0.279 e. The van der Waals surface area contributed by atoms with Crippen molar-refractivity contribution in [2.75, 3.05) is 25.0 Å². The maximum atomic E-state index is 11.7. The van der Waals surface area contributed by atoms with Crippen LogP contribution in [0.1, 0.15) is 33.6 Å². The predicted molar refractivity (Wildman–Crippen MR) is 72.0 cm³/mol. The van der Waals surface area contributed by atoms with E-state index in [0.717, 1.165) is 18.2 Å². The minimum absolute atomic E-state index is 0.517. The third-order valence-corrected chi connectivity index (χ3v) is 5.34. The Morgan fingerprint density at radius 2 is 1.88 bits per heavy atom. The molecular weight excluding hydrogens is 292 g/mol. The predicted octanol–water partition coefficient (Wildman–Crippen LogP) is 1.97. The summed E-state index contributed by atoms with van der Waals surface area (Å²) in [5.74, 6) is 0.595. The summed E-state index contributed by atoms with van der Waals surface area (Å²) >= 11 is 3.41. The van der Waals surface area contributed by atoms with Gasteiger partial charge in [0.1, 0.15) is 0 Å². The summed E-state index contributed by atoms with van der Waals surface area (Å²) in [5.41, 5.74) is 0. The zero-order valence-corrected chi connectivity index (χ0v) is 12.8.